The highest BCUT2D eigenvalue weighted by molar-refractivity contribution is 5.96. The first kappa shape index (κ1) is 12.6. The molecule has 0 spiro atoms. The Balaban J connectivity index is 2.29. The molecule has 19 heavy (non-hydrogen) atoms. The Bertz CT molecular complexity index is 544. The average Bonchev–Trinajstić information content (AvgIpc) is 2.57. The van der Waals surface area contributed by atoms with Gasteiger partial charge in [0, 0.05) is 12.3 Å². The molecule has 1 fully saturated rings. The minimum absolute atomic E-state index is 0.236. The van der Waals surface area contributed by atoms with Crippen LogP contribution in [0.5, 0.6) is 0 Å². The average molecular weight is 261 g/mol. The van der Waals surface area contributed by atoms with Crippen molar-refractivity contribution in [3.8, 4) is 0 Å². The summed E-state index contributed by atoms with van der Waals surface area (Å²) in [6.07, 6.45) is 1.22. The van der Waals surface area contributed by atoms with E-state index in [9.17, 15) is 15.0 Å². The predicted octanol–water partition coefficient (Wildman–Crippen LogP) is 1.54. The molecule has 1 aliphatic heterocycles. The number of nitrogens with zero attached hydrogens (tertiary/aromatic N) is 1. The van der Waals surface area contributed by atoms with Crippen molar-refractivity contribution < 1.29 is 15.0 Å². The molecule has 3 atom stereocenters. The zero-order valence-electron chi connectivity index (χ0n) is 11.3. The standard InChI is InChI=1S/C15H19NO3/c1-10(17)16-12-7-4-3-6-11(12)14(2)9-5-8-13(18)15(14,16)19/h3-4,6-7,13,18-19H,5,8-9H2,1-2H3/t13-,14+,15-/m1/s1. The minimum Gasteiger partial charge on any atom is -0.388 e. The molecule has 102 valence electrons. The summed E-state index contributed by atoms with van der Waals surface area (Å²) in [6.45, 7) is 3.37. The van der Waals surface area contributed by atoms with E-state index in [1.54, 1.807) is 0 Å². The van der Waals surface area contributed by atoms with Gasteiger partial charge in [-0.2, -0.15) is 0 Å². The summed E-state index contributed by atoms with van der Waals surface area (Å²) in [6, 6.07) is 7.55. The minimum atomic E-state index is -1.53. The summed E-state index contributed by atoms with van der Waals surface area (Å²) in [5.74, 6) is -0.236. The quantitative estimate of drug-likeness (QED) is 0.745. The fourth-order valence-electron chi connectivity index (χ4n) is 3.86. The predicted molar refractivity (Wildman–Crippen MR) is 71.8 cm³/mol. The fraction of sp³-hybridized carbons (Fsp3) is 0.533. The van der Waals surface area contributed by atoms with Crippen LogP contribution in [-0.4, -0.2) is 27.9 Å². The second kappa shape index (κ2) is 3.81. The van der Waals surface area contributed by atoms with Crippen LogP contribution in [0.25, 0.3) is 0 Å². The lowest BCUT2D eigenvalue weighted by Gasteiger charge is -2.49. The van der Waals surface area contributed by atoms with Gasteiger partial charge in [-0.3, -0.25) is 9.69 Å². The molecule has 1 aromatic rings. The summed E-state index contributed by atoms with van der Waals surface area (Å²) in [4.78, 5) is 13.4. The molecule has 0 radical (unpaired) electrons. The Hall–Kier alpha value is -1.39. The summed E-state index contributed by atoms with van der Waals surface area (Å²) in [7, 11) is 0. The second-order valence-corrected chi connectivity index (χ2v) is 5.84. The van der Waals surface area contributed by atoms with Crippen molar-refractivity contribution >= 4 is 11.6 Å². The van der Waals surface area contributed by atoms with E-state index >= 15 is 0 Å². The largest absolute Gasteiger partial charge is 0.388 e. The molecular formula is C15H19NO3. The van der Waals surface area contributed by atoms with Crippen LogP contribution in [0.2, 0.25) is 0 Å². The lowest BCUT2D eigenvalue weighted by atomic mass is 9.65. The van der Waals surface area contributed by atoms with Gasteiger partial charge in [-0.1, -0.05) is 25.1 Å². The summed E-state index contributed by atoms with van der Waals surface area (Å²) in [5, 5.41) is 21.5. The normalized spacial score (nSPS) is 36.8. The molecule has 0 unspecified atom stereocenters. The van der Waals surface area contributed by atoms with Gasteiger partial charge >= 0.3 is 0 Å². The van der Waals surface area contributed by atoms with Gasteiger partial charge in [-0.25, -0.2) is 0 Å². The highest BCUT2D eigenvalue weighted by atomic mass is 16.4. The molecule has 4 heteroatoms. The van der Waals surface area contributed by atoms with Crippen molar-refractivity contribution in [2.24, 2.45) is 0 Å². The number of hydrogen-bond donors (Lipinski definition) is 2. The first-order valence-electron chi connectivity index (χ1n) is 6.73. The zero-order valence-corrected chi connectivity index (χ0v) is 11.3. The molecule has 1 amide bonds. The van der Waals surface area contributed by atoms with Gasteiger partial charge in [0.05, 0.1) is 5.69 Å². The molecule has 1 heterocycles. The molecule has 2 N–H and O–H groups in total. The maximum atomic E-state index is 12.0. The van der Waals surface area contributed by atoms with Gasteiger partial charge in [0.25, 0.3) is 0 Å². The number of fused-ring (bicyclic) bond motifs is 3. The first-order chi connectivity index (χ1) is 8.93. The molecule has 2 aliphatic rings. The third kappa shape index (κ3) is 1.33. The molecule has 0 saturated heterocycles. The molecule has 0 bridgehead atoms. The van der Waals surface area contributed by atoms with Crippen molar-refractivity contribution in [3.05, 3.63) is 29.8 Å². The second-order valence-electron chi connectivity index (χ2n) is 5.84. The van der Waals surface area contributed by atoms with Crippen molar-refractivity contribution in [1.82, 2.24) is 0 Å². The lowest BCUT2D eigenvalue weighted by Crippen LogP contribution is -2.67. The molecule has 0 aromatic heterocycles. The van der Waals surface area contributed by atoms with Crippen LogP contribution in [0.1, 0.15) is 38.7 Å². The fourth-order valence-corrected chi connectivity index (χ4v) is 3.86. The Morgan fingerprint density at radius 1 is 1.42 bits per heavy atom. The highest BCUT2D eigenvalue weighted by Crippen LogP contribution is 2.57. The summed E-state index contributed by atoms with van der Waals surface area (Å²) in [5.41, 5.74) is -0.458. The Morgan fingerprint density at radius 2 is 2.11 bits per heavy atom. The van der Waals surface area contributed by atoms with E-state index in [1.807, 2.05) is 31.2 Å². The van der Waals surface area contributed by atoms with Crippen LogP contribution in [-0.2, 0) is 10.2 Å². The van der Waals surface area contributed by atoms with E-state index in [0.717, 1.165) is 24.1 Å². The number of benzene rings is 1. The number of para-hydroxylation sites is 1. The highest BCUT2D eigenvalue weighted by Gasteiger charge is 2.64. The molecule has 1 aromatic carbocycles. The van der Waals surface area contributed by atoms with Gasteiger partial charge in [0.15, 0.2) is 5.72 Å². The Morgan fingerprint density at radius 3 is 2.79 bits per heavy atom. The van der Waals surface area contributed by atoms with E-state index in [-0.39, 0.29) is 5.91 Å². The summed E-state index contributed by atoms with van der Waals surface area (Å²) < 4.78 is 0. The zero-order chi connectivity index (χ0) is 13.8. The van der Waals surface area contributed by atoms with E-state index in [1.165, 1.54) is 11.8 Å². The van der Waals surface area contributed by atoms with E-state index < -0.39 is 17.2 Å². The number of carbonyl (C=O) groups excluding carboxylic acids is 1. The maximum Gasteiger partial charge on any atom is 0.226 e. The van der Waals surface area contributed by atoms with Crippen LogP contribution >= 0.6 is 0 Å². The van der Waals surface area contributed by atoms with Crippen LogP contribution in [0.3, 0.4) is 0 Å². The monoisotopic (exact) mass is 261 g/mol. The topological polar surface area (TPSA) is 60.8 Å². The van der Waals surface area contributed by atoms with Crippen molar-refractivity contribution in [2.45, 2.75) is 50.4 Å². The number of rotatable bonds is 0. The third-order valence-electron chi connectivity index (χ3n) is 4.83. The Kier molecular flexibility index (Phi) is 2.53. The number of hydrogen-bond acceptors (Lipinski definition) is 3. The van der Waals surface area contributed by atoms with Gasteiger partial charge in [0.1, 0.15) is 6.10 Å². The van der Waals surface area contributed by atoms with Crippen molar-refractivity contribution in [2.75, 3.05) is 4.90 Å². The van der Waals surface area contributed by atoms with E-state index in [4.69, 9.17) is 0 Å². The van der Waals surface area contributed by atoms with Gasteiger partial charge in [-0.15, -0.1) is 0 Å². The number of anilines is 1. The molecular weight excluding hydrogens is 242 g/mol. The third-order valence-corrected chi connectivity index (χ3v) is 4.83. The lowest BCUT2D eigenvalue weighted by molar-refractivity contribution is -0.151. The van der Waals surface area contributed by atoms with E-state index in [0.29, 0.717) is 6.42 Å². The SMILES string of the molecule is CC(=O)N1c2ccccc2[C@]2(C)CCC[C@@H](O)[C@]12O. The van der Waals surface area contributed by atoms with Crippen LogP contribution < -0.4 is 4.90 Å². The molecule has 3 rings (SSSR count). The van der Waals surface area contributed by atoms with Crippen LogP contribution in [0.4, 0.5) is 5.69 Å². The van der Waals surface area contributed by atoms with Crippen LogP contribution in [0.15, 0.2) is 24.3 Å². The maximum absolute atomic E-state index is 12.0. The Labute approximate surface area is 112 Å². The van der Waals surface area contributed by atoms with Gasteiger partial charge in [0.2, 0.25) is 5.91 Å². The number of aliphatic hydroxyl groups is 2. The molecule has 1 saturated carbocycles. The van der Waals surface area contributed by atoms with Gasteiger partial charge in [-0.05, 0) is 30.9 Å². The number of amides is 1. The van der Waals surface area contributed by atoms with Crippen molar-refractivity contribution in [3.63, 3.8) is 0 Å². The molecule has 1 aliphatic carbocycles. The summed E-state index contributed by atoms with van der Waals surface area (Å²) >= 11 is 0. The van der Waals surface area contributed by atoms with E-state index in [2.05, 4.69) is 0 Å². The molecule has 4 nitrogen and oxygen atoms in total. The van der Waals surface area contributed by atoms with Crippen molar-refractivity contribution in [1.29, 1.82) is 0 Å². The number of aliphatic hydroxyl groups excluding tert-OH is 1. The smallest absolute Gasteiger partial charge is 0.226 e. The number of carbonyl (C=O) groups is 1. The van der Waals surface area contributed by atoms with Crippen LogP contribution in [0, 0.1) is 0 Å². The van der Waals surface area contributed by atoms with Gasteiger partial charge < -0.3 is 10.2 Å². The first-order valence-corrected chi connectivity index (χ1v) is 6.73.